The number of fused-ring (bicyclic) bond motifs is 5. The van der Waals surface area contributed by atoms with Crippen LogP contribution in [-0.2, 0) is 17.6 Å². The van der Waals surface area contributed by atoms with Crippen LogP contribution in [0.25, 0.3) is 17.7 Å². The average molecular weight is 459 g/mol. The third-order valence-electron chi connectivity index (χ3n) is 8.12. The monoisotopic (exact) mass is 458 g/mol. The fourth-order valence-electron chi connectivity index (χ4n) is 6.50. The predicted molar refractivity (Wildman–Crippen MR) is 142 cm³/mol. The number of hydrogen-bond donors (Lipinski definition) is 0. The zero-order valence-electron chi connectivity index (χ0n) is 20.0. The van der Waals surface area contributed by atoms with E-state index in [0.717, 1.165) is 45.6 Å². The van der Waals surface area contributed by atoms with Gasteiger partial charge >= 0.3 is 0 Å². The molecule has 0 N–H and O–H groups in total. The Kier molecular flexibility index (Phi) is 5.26. The fraction of sp³-hybridized carbons (Fsp3) is 0.281. The van der Waals surface area contributed by atoms with Gasteiger partial charge in [0.1, 0.15) is 0 Å². The first-order valence-corrected chi connectivity index (χ1v) is 13.0. The van der Waals surface area contributed by atoms with Crippen molar-refractivity contribution in [3.05, 3.63) is 110 Å². The SMILES string of the molecule is C1=Cc2ccccc2C(N2CCOCC2)C(C2=c3ccc4c(c3CCC2)CC=c2ccccc2=4)=N1. The molecule has 0 spiro atoms. The van der Waals surface area contributed by atoms with Crippen molar-refractivity contribution in [3.63, 3.8) is 0 Å². The van der Waals surface area contributed by atoms with E-state index in [1.54, 1.807) is 5.56 Å². The Bertz CT molecular complexity index is 1590. The Morgan fingerprint density at radius 2 is 1.63 bits per heavy atom. The molecule has 7 rings (SSSR count). The molecule has 2 aliphatic carbocycles. The highest BCUT2D eigenvalue weighted by atomic mass is 16.5. The zero-order valence-corrected chi connectivity index (χ0v) is 20.0. The van der Waals surface area contributed by atoms with Crippen LogP contribution >= 0.6 is 0 Å². The summed E-state index contributed by atoms with van der Waals surface area (Å²) < 4.78 is 5.73. The van der Waals surface area contributed by atoms with Gasteiger partial charge in [-0.05, 0) is 80.5 Å². The quantitative estimate of drug-likeness (QED) is 0.572. The van der Waals surface area contributed by atoms with Crippen molar-refractivity contribution in [1.82, 2.24) is 4.90 Å². The lowest BCUT2D eigenvalue weighted by Crippen LogP contribution is -2.43. The standard InChI is InChI=1S/C32H30N2O/c1-3-8-24-22(6-1)12-13-28-26-10-5-11-30(29(26)15-14-27(24)28)31-32(34-18-20-35-21-19-34)25-9-4-2-7-23(25)16-17-33-31/h1-4,6-9,12,14-17,32H,5,10-11,13,18-21H2. The van der Waals surface area contributed by atoms with Gasteiger partial charge in [-0.15, -0.1) is 0 Å². The lowest BCUT2D eigenvalue weighted by Gasteiger charge is -2.37. The minimum absolute atomic E-state index is 0.161. The van der Waals surface area contributed by atoms with Gasteiger partial charge in [-0.3, -0.25) is 9.89 Å². The van der Waals surface area contributed by atoms with Crippen molar-refractivity contribution in [2.75, 3.05) is 26.3 Å². The maximum Gasteiger partial charge on any atom is 0.0786 e. The minimum atomic E-state index is 0.161. The van der Waals surface area contributed by atoms with E-state index < -0.39 is 0 Å². The van der Waals surface area contributed by atoms with Gasteiger partial charge in [0.15, 0.2) is 0 Å². The Morgan fingerprint density at radius 3 is 2.57 bits per heavy atom. The maximum absolute atomic E-state index is 5.73. The summed E-state index contributed by atoms with van der Waals surface area (Å²) in [5.41, 5.74) is 8.36. The molecule has 0 bridgehead atoms. The van der Waals surface area contributed by atoms with Crippen molar-refractivity contribution in [3.8, 4) is 0 Å². The molecule has 3 aromatic rings. The predicted octanol–water partition coefficient (Wildman–Crippen LogP) is 4.30. The maximum atomic E-state index is 5.73. The summed E-state index contributed by atoms with van der Waals surface area (Å²) in [5, 5.41) is 5.58. The third kappa shape index (κ3) is 3.53. The van der Waals surface area contributed by atoms with Crippen molar-refractivity contribution < 1.29 is 4.74 Å². The molecule has 1 saturated heterocycles. The molecule has 4 aliphatic rings. The lowest BCUT2D eigenvalue weighted by atomic mass is 9.82. The second kappa shape index (κ2) is 8.75. The van der Waals surface area contributed by atoms with E-state index in [2.05, 4.69) is 77.7 Å². The van der Waals surface area contributed by atoms with E-state index in [1.165, 1.54) is 55.3 Å². The van der Waals surface area contributed by atoms with Crippen molar-refractivity contribution in [2.45, 2.75) is 31.7 Å². The van der Waals surface area contributed by atoms with Crippen molar-refractivity contribution >= 4 is 23.4 Å². The topological polar surface area (TPSA) is 24.8 Å². The highest BCUT2D eigenvalue weighted by Crippen LogP contribution is 2.35. The summed E-state index contributed by atoms with van der Waals surface area (Å²) in [6, 6.07) is 22.6. The van der Waals surface area contributed by atoms with Gasteiger partial charge in [0.25, 0.3) is 0 Å². The smallest absolute Gasteiger partial charge is 0.0786 e. The molecule has 0 saturated carbocycles. The van der Waals surface area contributed by atoms with Crippen LogP contribution < -0.4 is 10.4 Å². The molecule has 2 heterocycles. The highest BCUT2D eigenvalue weighted by molar-refractivity contribution is 6.22. The molecular formula is C32H30N2O. The molecule has 0 radical (unpaired) electrons. The Morgan fingerprint density at radius 1 is 0.800 bits per heavy atom. The third-order valence-corrected chi connectivity index (χ3v) is 8.12. The average Bonchev–Trinajstić information content (AvgIpc) is 3.12. The van der Waals surface area contributed by atoms with E-state index in [0.29, 0.717) is 0 Å². The highest BCUT2D eigenvalue weighted by Gasteiger charge is 2.32. The van der Waals surface area contributed by atoms with Crippen molar-refractivity contribution in [2.24, 2.45) is 4.99 Å². The van der Waals surface area contributed by atoms with E-state index in [-0.39, 0.29) is 6.04 Å². The molecule has 3 nitrogen and oxygen atoms in total. The Hall–Kier alpha value is -3.27. The largest absolute Gasteiger partial charge is 0.379 e. The number of rotatable bonds is 2. The summed E-state index contributed by atoms with van der Waals surface area (Å²) in [6.45, 7) is 3.45. The first-order valence-electron chi connectivity index (χ1n) is 13.0. The lowest BCUT2D eigenvalue weighted by molar-refractivity contribution is 0.0289. The van der Waals surface area contributed by atoms with Crippen LogP contribution in [0.15, 0.2) is 71.9 Å². The van der Waals surface area contributed by atoms with Gasteiger partial charge in [-0.1, -0.05) is 66.7 Å². The van der Waals surface area contributed by atoms with E-state index in [9.17, 15) is 0 Å². The second-order valence-electron chi connectivity index (χ2n) is 9.96. The molecule has 174 valence electrons. The number of morpholine rings is 1. The van der Waals surface area contributed by atoms with E-state index in [1.807, 2.05) is 6.20 Å². The van der Waals surface area contributed by atoms with Crippen molar-refractivity contribution in [1.29, 1.82) is 0 Å². The van der Waals surface area contributed by atoms with Gasteiger partial charge in [-0.25, -0.2) is 0 Å². The number of aliphatic imine (C=N–C) groups is 1. The molecule has 1 fully saturated rings. The molecule has 1 unspecified atom stereocenters. The van der Waals surface area contributed by atoms with Gasteiger partial charge in [0.05, 0.1) is 25.0 Å². The second-order valence-corrected chi connectivity index (χ2v) is 9.96. The van der Waals surface area contributed by atoms with E-state index >= 15 is 0 Å². The molecule has 3 aromatic carbocycles. The van der Waals surface area contributed by atoms with Crippen LogP contribution in [0.2, 0.25) is 0 Å². The molecule has 3 heteroatoms. The summed E-state index contributed by atoms with van der Waals surface area (Å²) in [4.78, 5) is 7.76. The van der Waals surface area contributed by atoms with Crippen LogP contribution in [0.4, 0.5) is 0 Å². The van der Waals surface area contributed by atoms with Gasteiger partial charge in [0.2, 0.25) is 0 Å². The van der Waals surface area contributed by atoms with Crippen LogP contribution in [0.1, 0.15) is 41.1 Å². The van der Waals surface area contributed by atoms with Crippen LogP contribution in [0.3, 0.4) is 0 Å². The number of ether oxygens (including phenoxy) is 1. The van der Waals surface area contributed by atoms with Crippen LogP contribution in [0.5, 0.6) is 0 Å². The summed E-state index contributed by atoms with van der Waals surface area (Å²) >= 11 is 0. The first kappa shape index (κ1) is 21.0. The Labute approximate surface area is 206 Å². The summed E-state index contributed by atoms with van der Waals surface area (Å²) in [7, 11) is 0. The van der Waals surface area contributed by atoms with E-state index in [4.69, 9.17) is 9.73 Å². The van der Waals surface area contributed by atoms with Gasteiger partial charge < -0.3 is 4.74 Å². The number of benzene rings is 3. The molecule has 2 aliphatic heterocycles. The fourth-order valence-corrected chi connectivity index (χ4v) is 6.50. The van der Waals surface area contributed by atoms with Gasteiger partial charge in [-0.2, -0.15) is 0 Å². The minimum Gasteiger partial charge on any atom is -0.379 e. The molecule has 0 amide bonds. The number of nitrogens with zero attached hydrogens (tertiary/aromatic N) is 2. The number of hydrogen-bond acceptors (Lipinski definition) is 3. The van der Waals surface area contributed by atoms with Crippen LogP contribution in [-0.4, -0.2) is 36.9 Å². The molecular weight excluding hydrogens is 428 g/mol. The normalized spacial score (nSPS) is 21.1. The molecule has 0 aromatic heterocycles. The molecule has 35 heavy (non-hydrogen) atoms. The van der Waals surface area contributed by atoms with Gasteiger partial charge in [0, 0.05) is 19.3 Å². The summed E-state index contributed by atoms with van der Waals surface area (Å²) in [6.07, 6.45) is 11.1. The first-order chi connectivity index (χ1) is 17.4. The summed E-state index contributed by atoms with van der Waals surface area (Å²) in [5.74, 6) is 0. The Balaban J connectivity index is 1.47. The van der Waals surface area contributed by atoms with Crippen LogP contribution in [0, 0.1) is 10.4 Å². The molecule has 1 atom stereocenters. The zero-order chi connectivity index (χ0) is 23.2.